The molecule has 0 fully saturated rings. The third kappa shape index (κ3) is 2.40. The van der Waals surface area contributed by atoms with Crippen LogP contribution in [0.2, 0.25) is 0 Å². The molecule has 0 saturated heterocycles. The van der Waals surface area contributed by atoms with Crippen molar-refractivity contribution in [2.45, 2.75) is 6.61 Å². The molecule has 0 saturated carbocycles. The Bertz CT molecular complexity index is 256. The van der Waals surface area contributed by atoms with E-state index in [4.69, 9.17) is 4.74 Å². The van der Waals surface area contributed by atoms with E-state index in [0.717, 1.165) is 11.3 Å². The van der Waals surface area contributed by atoms with Gasteiger partial charge in [-0.1, -0.05) is 24.8 Å². The summed E-state index contributed by atoms with van der Waals surface area (Å²) in [6.45, 7) is 3.80. The Morgan fingerprint density at radius 1 is 1.50 bits per heavy atom. The first-order chi connectivity index (χ1) is 5.86. The van der Waals surface area contributed by atoms with E-state index in [-0.39, 0.29) is 6.61 Å². The minimum absolute atomic E-state index is 0.203. The lowest BCUT2D eigenvalue weighted by Gasteiger charge is -2.03. The first-order valence-electron chi connectivity index (χ1n) is 3.77. The molecule has 1 aromatic rings. The van der Waals surface area contributed by atoms with Gasteiger partial charge in [0.1, 0.15) is 19.0 Å². The fraction of sp³-hybridized carbons (Fsp3) is 0.200. The molecule has 0 amide bonds. The van der Waals surface area contributed by atoms with Gasteiger partial charge in [0.15, 0.2) is 0 Å². The van der Waals surface area contributed by atoms with Crippen molar-refractivity contribution in [1.29, 1.82) is 0 Å². The van der Waals surface area contributed by atoms with Gasteiger partial charge in [0.05, 0.1) is 0 Å². The molecule has 1 rings (SSSR count). The summed E-state index contributed by atoms with van der Waals surface area (Å²) < 4.78 is 5.24. The zero-order valence-electron chi connectivity index (χ0n) is 6.82. The third-order valence-electron chi connectivity index (χ3n) is 1.43. The molecule has 0 heterocycles. The van der Waals surface area contributed by atoms with Crippen LogP contribution in [0, 0.1) is 0 Å². The minimum Gasteiger partial charge on any atom is -0.490 e. The molecule has 0 aliphatic carbocycles. The molecule has 12 heavy (non-hydrogen) atoms. The van der Waals surface area contributed by atoms with Gasteiger partial charge in [-0.2, -0.15) is 0 Å². The second-order valence-corrected chi connectivity index (χ2v) is 2.39. The SMILES string of the molecule is C=CCOc1cccc(C[O])c1. The molecule has 2 heteroatoms. The number of hydrogen-bond acceptors (Lipinski definition) is 1. The van der Waals surface area contributed by atoms with Crippen LogP contribution in [-0.2, 0) is 11.7 Å². The van der Waals surface area contributed by atoms with Crippen LogP contribution < -0.4 is 4.74 Å². The quantitative estimate of drug-likeness (QED) is 0.625. The van der Waals surface area contributed by atoms with E-state index in [0.29, 0.717) is 6.61 Å². The summed E-state index contributed by atoms with van der Waals surface area (Å²) in [5.41, 5.74) is 0.747. The Balaban J connectivity index is 2.65. The second kappa shape index (κ2) is 4.57. The van der Waals surface area contributed by atoms with Crippen LogP contribution in [-0.4, -0.2) is 6.61 Å². The van der Waals surface area contributed by atoms with Gasteiger partial charge in [-0.05, 0) is 17.7 Å². The molecule has 0 unspecified atom stereocenters. The highest BCUT2D eigenvalue weighted by Crippen LogP contribution is 2.12. The van der Waals surface area contributed by atoms with Crippen LogP contribution in [0.4, 0.5) is 0 Å². The van der Waals surface area contributed by atoms with Crippen LogP contribution in [0.25, 0.3) is 0 Å². The van der Waals surface area contributed by atoms with Gasteiger partial charge >= 0.3 is 0 Å². The van der Waals surface area contributed by atoms with Crippen LogP contribution in [0.15, 0.2) is 36.9 Å². The highest BCUT2D eigenvalue weighted by molar-refractivity contribution is 5.28. The number of hydrogen-bond donors (Lipinski definition) is 0. The molecule has 0 spiro atoms. The highest BCUT2D eigenvalue weighted by atomic mass is 16.5. The predicted molar refractivity (Wildman–Crippen MR) is 46.5 cm³/mol. The van der Waals surface area contributed by atoms with Crippen molar-refractivity contribution in [2.24, 2.45) is 0 Å². The second-order valence-electron chi connectivity index (χ2n) is 2.39. The highest BCUT2D eigenvalue weighted by Gasteiger charge is 1.94. The normalized spacial score (nSPS) is 9.42. The fourth-order valence-corrected chi connectivity index (χ4v) is 0.880. The predicted octanol–water partition coefficient (Wildman–Crippen LogP) is 2.18. The molecular weight excluding hydrogens is 152 g/mol. The lowest BCUT2D eigenvalue weighted by molar-refractivity contribution is 0.177. The van der Waals surface area contributed by atoms with Crippen molar-refractivity contribution >= 4 is 0 Å². The van der Waals surface area contributed by atoms with Gasteiger partial charge in [0.2, 0.25) is 0 Å². The van der Waals surface area contributed by atoms with E-state index in [9.17, 15) is 5.11 Å². The Morgan fingerprint density at radius 2 is 2.33 bits per heavy atom. The van der Waals surface area contributed by atoms with E-state index in [2.05, 4.69) is 6.58 Å². The molecule has 0 atom stereocenters. The molecule has 0 aliphatic rings. The van der Waals surface area contributed by atoms with Gasteiger partial charge < -0.3 is 4.74 Å². The van der Waals surface area contributed by atoms with Crippen LogP contribution in [0.1, 0.15) is 5.56 Å². The number of benzene rings is 1. The van der Waals surface area contributed by atoms with E-state index in [1.54, 1.807) is 18.2 Å². The van der Waals surface area contributed by atoms with Gasteiger partial charge in [-0.15, -0.1) is 0 Å². The Hall–Kier alpha value is -1.28. The fourth-order valence-electron chi connectivity index (χ4n) is 0.880. The average molecular weight is 163 g/mol. The first kappa shape index (κ1) is 8.81. The molecule has 0 aromatic heterocycles. The third-order valence-corrected chi connectivity index (χ3v) is 1.43. The lowest BCUT2D eigenvalue weighted by Crippen LogP contribution is -1.93. The van der Waals surface area contributed by atoms with Crippen molar-refractivity contribution in [1.82, 2.24) is 0 Å². The summed E-state index contributed by atoms with van der Waals surface area (Å²) in [7, 11) is 0. The van der Waals surface area contributed by atoms with Gasteiger partial charge in [-0.3, -0.25) is 0 Å². The summed E-state index contributed by atoms with van der Waals surface area (Å²) in [5, 5.41) is 10.5. The molecule has 2 nitrogen and oxygen atoms in total. The monoisotopic (exact) mass is 163 g/mol. The van der Waals surface area contributed by atoms with Crippen molar-refractivity contribution < 1.29 is 9.84 Å². The average Bonchev–Trinajstić information content (AvgIpc) is 2.15. The summed E-state index contributed by atoms with van der Waals surface area (Å²) in [5.74, 6) is 0.725. The Kier molecular flexibility index (Phi) is 3.35. The van der Waals surface area contributed by atoms with Crippen LogP contribution in [0.5, 0.6) is 5.75 Å². The largest absolute Gasteiger partial charge is 0.490 e. The van der Waals surface area contributed by atoms with E-state index < -0.39 is 0 Å². The Labute approximate surface area is 72.1 Å². The smallest absolute Gasteiger partial charge is 0.120 e. The maximum absolute atomic E-state index is 10.5. The zero-order chi connectivity index (χ0) is 8.81. The molecule has 63 valence electrons. The molecular formula is C10H11O2. The molecule has 1 radical (unpaired) electrons. The van der Waals surface area contributed by atoms with Crippen LogP contribution >= 0.6 is 0 Å². The first-order valence-corrected chi connectivity index (χ1v) is 3.77. The van der Waals surface area contributed by atoms with E-state index in [1.165, 1.54) is 0 Å². The zero-order valence-corrected chi connectivity index (χ0v) is 6.82. The van der Waals surface area contributed by atoms with Crippen molar-refractivity contribution in [3.63, 3.8) is 0 Å². The maximum atomic E-state index is 10.5. The summed E-state index contributed by atoms with van der Waals surface area (Å²) >= 11 is 0. The number of ether oxygens (including phenoxy) is 1. The van der Waals surface area contributed by atoms with E-state index in [1.807, 2.05) is 12.1 Å². The van der Waals surface area contributed by atoms with Gasteiger partial charge in [-0.25, -0.2) is 5.11 Å². The summed E-state index contributed by atoms with van der Waals surface area (Å²) in [6, 6.07) is 7.17. The van der Waals surface area contributed by atoms with Crippen molar-refractivity contribution in [3.8, 4) is 5.75 Å². The maximum Gasteiger partial charge on any atom is 0.120 e. The van der Waals surface area contributed by atoms with Crippen molar-refractivity contribution in [2.75, 3.05) is 6.61 Å². The van der Waals surface area contributed by atoms with Crippen LogP contribution in [0.3, 0.4) is 0 Å². The van der Waals surface area contributed by atoms with E-state index >= 15 is 0 Å². The van der Waals surface area contributed by atoms with Gasteiger partial charge in [0.25, 0.3) is 0 Å². The summed E-state index contributed by atoms with van der Waals surface area (Å²) in [4.78, 5) is 0. The number of rotatable bonds is 4. The van der Waals surface area contributed by atoms with Gasteiger partial charge in [0, 0.05) is 0 Å². The topological polar surface area (TPSA) is 29.1 Å². The standard InChI is InChI=1S/C10H11O2/c1-2-6-12-10-5-3-4-9(7-10)8-11/h2-5,7H,1,6,8H2. The van der Waals surface area contributed by atoms with Crippen molar-refractivity contribution in [3.05, 3.63) is 42.5 Å². The minimum atomic E-state index is -0.203. The molecule has 0 N–H and O–H groups in total. The lowest BCUT2D eigenvalue weighted by atomic mass is 10.2. The summed E-state index contributed by atoms with van der Waals surface area (Å²) in [6.07, 6.45) is 1.67. The molecule has 1 aromatic carbocycles. The molecule has 0 aliphatic heterocycles. The Morgan fingerprint density at radius 3 is 3.00 bits per heavy atom. The molecule has 0 bridgehead atoms.